The fourth-order valence-electron chi connectivity index (χ4n) is 2.30. The van der Waals surface area contributed by atoms with Gasteiger partial charge >= 0.3 is 0 Å². The van der Waals surface area contributed by atoms with Gasteiger partial charge in [-0.05, 0) is 24.3 Å². The molecule has 0 bridgehead atoms. The van der Waals surface area contributed by atoms with Crippen molar-refractivity contribution in [2.45, 2.75) is 5.16 Å². The number of carbonyl (C=O) groups excluding carboxylic acids is 1. The minimum atomic E-state index is -0.727. The highest BCUT2D eigenvalue weighted by Crippen LogP contribution is 2.29. The van der Waals surface area contributed by atoms with E-state index < -0.39 is 17.5 Å². The number of thioether (sulfide) groups is 1. The van der Waals surface area contributed by atoms with Crippen LogP contribution in [0.2, 0.25) is 0 Å². The maximum Gasteiger partial charge on any atom is 0.234 e. The van der Waals surface area contributed by atoms with Crippen molar-refractivity contribution in [2.24, 2.45) is 0 Å². The van der Waals surface area contributed by atoms with E-state index in [9.17, 15) is 13.6 Å². The molecule has 0 spiro atoms. The van der Waals surface area contributed by atoms with E-state index in [1.807, 2.05) is 6.07 Å². The number of hydrogen-bond acceptors (Lipinski definition) is 6. The first kappa shape index (κ1) is 18.6. The number of aromatic nitrogens is 3. The average molecular weight is 391 g/mol. The SMILES string of the molecule is COc1ccccc1-c1nnc(SCC(=O)Nc2cc(F)ccc2F)n1N. The van der Waals surface area contributed by atoms with Crippen LogP contribution in [-0.4, -0.2) is 33.6 Å². The molecule has 10 heteroatoms. The first-order valence-corrected chi connectivity index (χ1v) is 8.69. The van der Waals surface area contributed by atoms with E-state index in [4.69, 9.17) is 10.6 Å². The summed E-state index contributed by atoms with van der Waals surface area (Å²) in [5.41, 5.74) is 0.414. The number of nitrogen functional groups attached to an aromatic ring is 1. The van der Waals surface area contributed by atoms with Crippen LogP contribution in [-0.2, 0) is 4.79 Å². The lowest BCUT2D eigenvalue weighted by Crippen LogP contribution is -2.17. The molecule has 0 aliphatic rings. The van der Waals surface area contributed by atoms with E-state index in [0.717, 1.165) is 30.0 Å². The van der Waals surface area contributed by atoms with Crippen molar-refractivity contribution in [2.75, 3.05) is 24.0 Å². The summed E-state index contributed by atoms with van der Waals surface area (Å²) in [5, 5.41) is 10.6. The minimum absolute atomic E-state index is 0.114. The Hall–Kier alpha value is -3.14. The van der Waals surface area contributed by atoms with Crippen LogP contribution in [0, 0.1) is 11.6 Å². The van der Waals surface area contributed by atoms with Crippen LogP contribution in [0.1, 0.15) is 0 Å². The van der Waals surface area contributed by atoms with Gasteiger partial charge in [-0.15, -0.1) is 10.2 Å². The topological polar surface area (TPSA) is 95.1 Å². The second-order valence-corrected chi connectivity index (χ2v) is 6.28. The van der Waals surface area contributed by atoms with Gasteiger partial charge in [-0.1, -0.05) is 23.9 Å². The van der Waals surface area contributed by atoms with Gasteiger partial charge in [0.05, 0.1) is 24.1 Å². The number of anilines is 1. The number of ether oxygens (including phenoxy) is 1. The summed E-state index contributed by atoms with van der Waals surface area (Å²) in [6.07, 6.45) is 0. The molecule has 0 saturated carbocycles. The van der Waals surface area contributed by atoms with Gasteiger partial charge in [-0.2, -0.15) is 0 Å². The van der Waals surface area contributed by atoms with Gasteiger partial charge in [0.1, 0.15) is 17.4 Å². The second-order valence-electron chi connectivity index (χ2n) is 5.34. The average Bonchev–Trinajstić information content (AvgIpc) is 3.03. The third-order valence-electron chi connectivity index (χ3n) is 3.55. The number of rotatable bonds is 6. The minimum Gasteiger partial charge on any atom is -0.496 e. The Morgan fingerprint density at radius 2 is 2.04 bits per heavy atom. The van der Waals surface area contributed by atoms with Gasteiger partial charge in [-0.25, -0.2) is 13.5 Å². The lowest BCUT2D eigenvalue weighted by atomic mass is 10.2. The quantitative estimate of drug-likeness (QED) is 0.496. The highest BCUT2D eigenvalue weighted by atomic mass is 32.2. The first-order valence-electron chi connectivity index (χ1n) is 7.71. The Balaban J connectivity index is 1.69. The molecule has 1 amide bonds. The van der Waals surface area contributed by atoms with Crippen LogP contribution in [0.4, 0.5) is 14.5 Å². The number of nitrogens with one attached hydrogen (secondary N) is 1. The molecular weight excluding hydrogens is 376 g/mol. The van der Waals surface area contributed by atoms with E-state index in [0.29, 0.717) is 17.1 Å². The number of nitrogens with zero attached hydrogens (tertiary/aromatic N) is 3. The maximum atomic E-state index is 13.6. The summed E-state index contributed by atoms with van der Waals surface area (Å²) in [7, 11) is 1.53. The number of carbonyl (C=O) groups is 1. The molecule has 27 heavy (non-hydrogen) atoms. The molecule has 0 atom stereocenters. The fourth-order valence-corrected chi connectivity index (χ4v) is 2.95. The largest absolute Gasteiger partial charge is 0.496 e. The Kier molecular flexibility index (Phi) is 5.55. The fraction of sp³-hybridized carbons (Fsp3) is 0.118. The van der Waals surface area contributed by atoms with Crippen LogP contribution in [0.3, 0.4) is 0 Å². The van der Waals surface area contributed by atoms with Crippen molar-refractivity contribution in [1.82, 2.24) is 14.9 Å². The van der Waals surface area contributed by atoms with Gasteiger partial charge in [0.25, 0.3) is 0 Å². The van der Waals surface area contributed by atoms with Crippen molar-refractivity contribution in [1.29, 1.82) is 0 Å². The molecule has 3 aromatic rings. The highest BCUT2D eigenvalue weighted by molar-refractivity contribution is 7.99. The number of methoxy groups -OCH3 is 1. The van der Waals surface area contributed by atoms with Gasteiger partial charge in [0.15, 0.2) is 5.82 Å². The zero-order valence-electron chi connectivity index (χ0n) is 14.1. The van der Waals surface area contributed by atoms with E-state index in [2.05, 4.69) is 15.5 Å². The summed E-state index contributed by atoms with van der Waals surface area (Å²) in [4.78, 5) is 12.0. The predicted molar refractivity (Wildman–Crippen MR) is 97.9 cm³/mol. The molecule has 0 aliphatic heterocycles. The summed E-state index contributed by atoms with van der Waals surface area (Å²) in [6, 6.07) is 9.97. The molecule has 3 rings (SSSR count). The van der Waals surface area contributed by atoms with E-state index >= 15 is 0 Å². The summed E-state index contributed by atoms with van der Waals surface area (Å²) in [5.74, 6) is 4.93. The molecule has 0 radical (unpaired) electrons. The third-order valence-corrected chi connectivity index (χ3v) is 4.49. The van der Waals surface area contributed by atoms with Crippen molar-refractivity contribution < 1.29 is 18.3 Å². The van der Waals surface area contributed by atoms with Crippen molar-refractivity contribution in [3.8, 4) is 17.1 Å². The molecule has 3 N–H and O–H groups in total. The van der Waals surface area contributed by atoms with Gasteiger partial charge in [0.2, 0.25) is 11.1 Å². The van der Waals surface area contributed by atoms with Crippen molar-refractivity contribution >= 4 is 23.4 Å². The van der Waals surface area contributed by atoms with Gasteiger partial charge in [0, 0.05) is 6.07 Å². The number of amides is 1. The zero-order chi connectivity index (χ0) is 19.4. The van der Waals surface area contributed by atoms with Crippen LogP contribution in [0.25, 0.3) is 11.4 Å². The molecule has 1 aromatic heterocycles. The van der Waals surface area contributed by atoms with E-state index in [1.54, 1.807) is 18.2 Å². The lowest BCUT2D eigenvalue weighted by Gasteiger charge is -2.08. The highest BCUT2D eigenvalue weighted by Gasteiger charge is 2.17. The standard InChI is InChI=1S/C17H15F2N5O2S/c1-26-14-5-3-2-4-11(14)16-22-23-17(24(16)20)27-9-15(25)21-13-8-10(18)6-7-12(13)19/h2-8H,9,20H2,1H3,(H,21,25). The molecule has 0 aliphatic carbocycles. The molecule has 2 aromatic carbocycles. The number of hydrogen-bond donors (Lipinski definition) is 2. The second kappa shape index (κ2) is 8.04. The van der Waals surface area contributed by atoms with E-state index in [1.165, 1.54) is 11.8 Å². The number of halogens is 2. The Morgan fingerprint density at radius 3 is 2.81 bits per heavy atom. The monoisotopic (exact) mass is 391 g/mol. The Labute approximate surface area is 157 Å². The molecule has 0 saturated heterocycles. The normalized spacial score (nSPS) is 10.6. The number of para-hydroxylation sites is 1. The molecule has 0 unspecified atom stereocenters. The van der Waals surface area contributed by atoms with Crippen molar-refractivity contribution in [3.05, 3.63) is 54.1 Å². The zero-order valence-corrected chi connectivity index (χ0v) is 15.0. The van der Waals surface area contributed by atoms with Gasteiger partial charge in [-0.3, -0.25) is 4.79 Å². The summed E-state index contributed by atoms with van der Waals surface area (Å²) >= 11 is 1.01. The Bertz CT molecular complexity index is 980. The van der Waals surface area contributed by atoms with Crippen LogP contribution in [0.5, 0.6) is 5.75 Å². The first-order chi connectivity index (χ1) is 13.0. The van der Waals surface area contributed by atoms with E-state index in [-0.39, 0.29) is 16.6 Å². The Morgan fingerprint density at radius 1 is 1.26 bits per heavy atom. The summed E-state index contributed by atoms with van der Waals surface area (Å²) < 4.78 is 33.2. The van der Waals surface area contributed by atoms with Gasteiger partial charge < -0.3 is 15.9 Å². The maximum absolute atomic E-state index is 13.6. The number of benzene rings is 2. The lowest BCUT2D eigenvalue weighted by molar-refractivity contribution is -0.113. The van der Waals surface area contributed by atoms with Crippen molar-refractivity contribution in [3.63, 3.8) is 0 Å². The molecule has 0 fully saturated rings. The predicted octanol–water partition coefficient (Wildman–Crippen LogP) is 2.68. The molecule has 7 nitrogen and oxygen atoms in total. The number of nitrogens with two attached hydrogens (primary N) is 1. The molecule has 140 valence electrons. The summed E-state index contributed by atoms with van der Waals surface area (Å²) in [6.45, 7) is 0. The molecular formula is C17H15F2N5O2S. The van der Waals surface area contributed by atoms with Crippen LogP contribution < -0.4 is 15.9 Å². The third kappa shape index (κ3) is 4.17. The van der Waals surface area contributed by atoms with Crippen LogP contribution >= 0.6 is 11.8 Å². The smallest absolute Gasteiger partial charge is 0.234 e. The van der Waals surface area contributed by atoms with Crippen LogP contribution in [0.15, 0.2) is 47.6 Å². The molecule has 1 heterocycles.